The summed E-state index contributed by atoms with van der Waals surface area (Å²) in [6, 6.07) is 16.7. The van der Waals surface area contributed by atoms with Gasteiger partial charge in [-0.25, -0.2) is 4.39 Å². The maximum absolute atomic E-state index is 13.8. The number of hydrogen-bond donors (Lipinski definition) is 2. The zero-order valence-electron chi connectivity index (χ0n) is 13.2. The van der Waals surface area contributed by atoms with E-state index in [9.17, 15) is 14.0 Å². The molecule has 4 nitrogen and oxygen atoms in total. The largest absolute Gasteiger partial charge is 0.369 e. The second kappa shape index (κ2) is 7.27. The molecular weight excluding hydrogens is 339 g/mol. The summed E-state index contributed by atoms with van der Waals surface area (Å²) >= 11 is 1.23. The van der Waals surface area contributed by atoms with Crippen LogP contribution in [0.3, 0.4) is 0 Å². The number of hydrogen-bond acceptors (Lipinski definition) is 3. The summed E-state index contributed by atoms with van der Waals surface area (Å²) in [5, 5.41) is 2.78. The molecule has 3 N–H and O–H groups in total. The highest BCUT2D eigenvalue weighted by Gasteiger charge is 2.12. The van der Waals surface area contributed by atoms with E-state index in [4.69, 9.17) is 5.73 Å². The lowest BCUT2D eigenvalue weighted by Gasteiger charge is -2.05. The maximum atomic E-state index is 13.8. The predicted molar refractivity (Wildman–Crippen MR) is 97.0 cm³/mol. The summed E-state index contributed by atoms with van der Waals surface area (Å²) in [5.74, 6) is -0.993. The fourth-order valence-electron chi connectivity index (χ4n) is 2.37. The fourth-order valence-corrected chi connectivity index (χ4v) is 3.29. The standard InChI is InChI=1S/C19H15FN2O2S/c20-15-4-2-1-3-14(15)16-9-10-17(25-16)19(24)22-13-7-5-12(6-8-13)11-18(21)23/h1-10H,11H2,(H2,21,23)(H,22,24). The number of carbonyl (C=O) groups is 2. The van der Waals surface area contributed by atoms with E-state index in [2.05, 4.69) is 5.32 Å². The van der Waals surface area contributed by atoms with Gasteiger partial charge in [0.05, 0.1) is 11.3 Å². The van der Waals surface area contributed by atoms with Crippen LogP contribution in [0.4, 0.5) is 10.1 Å². The summed E-state index contributed by atoms with van der Waals surface area (Å²) < 4.78 is 13.8. The predicted octanol–water partition coefficient (Wildman–Crippen LogP) is 3.83. The molecule has 2 amide bonds. The quantitative estimate of drug-likeness (QED) is 0.731. The van der Waals surface area contributed by atoms with Gasteiger partial charge >= 0.3 is 0 Å². The molecule has 1 aromatic heterocycles. The first-order valence-electron chi connectivity index (χ1n) is 7.56. The lowest BCUT2D eigenvalue weighted by molar-refractivity contribution is -0.117. The van der Waals surface area contributed by atoms with Gasteiger partial charge in [0.1, 0.15) is 5.82 Å². The summed E-state index contributed by atoms with van der Waals surface area (Å²) in [7, 11) is 0. The van der Waals surface area contributed by atoms with Crippen molar-refractivity contribution in [2.24, 2.45) is 5.73 Å². The van der Waals surface area contributed by atoms with Crippen LogP contribution in [0.1, 0.15) is 15.2 Å². The van der Waals surface area contributed by atoms with Gasteiger partial charge in [0.25, 0.3) is 5.91 Å². The molecule has 0 aliphatic rings. The Morgan fingerprint density at radius 3 is 2.40 bits per heavy atom. The minimum absolute atomic E-state index is 0.158. The van der Waals surface area contributed by atoms with Crippen LogP contribution >= 0.6 is 11.3 Å². The Morgan fingerprint density at radius 1 is 1.00 bits per heavy atom. The van der Waals surface area contributed by atoms with E-state index in [1.807, 2.05) is 0 Å². The van der Waals surface area contributed by atoms with Crippen molar-refractivity contribution in [2.45, 2.75) is 6.42 Å². The zero-order valence-corrected chi connectivity index (χ0v) is 14.0. The number of thiophene rings is 1. The van der Waals surface area contributed by atoms with Crippen LogP contribution in [-0.4, -0.2) is 11.8 Å². The molecule has 0 bridgehead atoms. The van der Waals surface area contributed by atoms with Crippen molar-refractivity contribution in [3.8, 4) is 10.4 Å². The minimum atomic E-state index is -0.406. The molecule has 0 aliphatic heterocycles. The number of nitrogens with two attached hydrogens (primary N) is 1. The smallest absolute Gasteiger partial charge is 0.265 e. The molecule has 6 heteroatoms. The van der Waals surface area contributed by atoms with Crippen LogP contribution in [0, 0.1) is 5.82 Å². The zero-order chi connectivity index (χ0) is 17.8. The second-order valence-corrected chi connectivity index (χ2v) is 6.52. The number of primary amides is 1. The maximum Gasteiger partial charge on any atom is 0.265 e. The Bertz CT molecular complexity index is 919. The van der Waals surface area contributed by atoms with Crippen molar-refractivity contribution < 1.29 is 14.0 Å². The van der Waals surface area contributed by atoms with Gasteiger partial charge < -0.3 is 11.1 Å². The molecule has 0 unspecified atom stereocenters. The van der Waals surface area contributed by atoms with Gasteiger partial charge in [-0.15, -0.1) is 11.3 Å². The Balaban J connectivity index is 1.72. The lowest BCUT2D eigenvalue weighted by atomic mass is 10.1. The van der Waals surface area contributed by atoms with Crippen molar-refractivity contribution in [3.05, 3.63) is 76.9 Å². The van der Waals surface area contributed by atoms with E-state index in [0.717, 1.165) is 5.56 Å². The molecule has 3 rings (SSSR count). The van der Waals surface area contributed by atoms with Gasteiger partial charge in [-0.05, 0) is 35.9 Å². The Labute approximate surface area is 148 Å². The molecule has 0 radical (unpaired) electrons. The molecule has 126 valence electrons. The minimum Gasteiger partial charge on any atom is -0.369 e. The number of anilines is 1. The lowest BCUT2D eigenvalue weighted by Crippen LogP contribution is -2.14. The number of benzene rings is 2. The molecule has 0 saturated carbocycles. The highest BCUT2D eigenvalue weighted by Crippen LogP contribution is 2.30. The average Bonchev–Trinajstić information content (AvgIpc) is 3.06. The molecular formula is C19H15FN2O2S. The van der Waals surface area contributed by atoms with E-state index in [1.54, 1.807) is 54.6 Å². The fraction of sp³-hybridized carbons (Fsp3) is 0.0526. The first-order valence-corrected chi connectivity index (χ1v) is 8.38. The number of halogens is 1. The monoisotopic (exact) mass is 354 g/mol. The molecule has 0 atom stereocenters. The number of amides is 2. The number of rotatable bonds is 5. The van der Waals surface area contributed by atoms with E-state index in [1.165, 1.54) is 17.4 Å². The number of nitrogens with one attached hydrogen (secondary N) is 1. The van der Waals surface area contributed by atoms with Crippen LogP contribution in [0.5, 0.6) is 0 Å². The van der Waals surface area contributed by atoms with Crippen LogP contribution in [0.15, 0.2) is 60.7 Å². The van der Waals surface area contributed by atoms with Crippen LogP contribution in [-0.2, 0) is 11.2 Å². The Hall–Kier alpha value is -2.99. The average molecular weight is 354 g/mol. The Morgan fingerprint density at radius 2 is 1.72 bits per heavy atom. The molecule has 0 saturated heterocycles. The van der Waals surface area contributed by atoms with Gasteiger partial charge in [-0.3, -0.25) is 9.59 Å². The van der Waals surface area contributed by atoms with E-state index < -0.39 is 5.91 Å². The van der Waals surface area contributed by atoms with Gasteiger partial charge in [-0.2, -0.15) is 0 Å². The van der Waals surface area contributed by atoms with Gasteiger partial charge in [0.2, 0.25) is 5.91 Å². The molecule has 2 aromatic carbocycles. The van der Waals surface area contributed by atoms with Gasteiger partial charge in [0.15, 0.2) is 0 Å². The topological polar surface area (TPSA) is 72.2 Å². The number of carbonyl (C=O) groups excluding carboxylic acids is 2. The molecule has 0 spiro atoms. The molecule has 3 aromatic rings. The summed E-state index contributed by atoms with van der Waals surface area (Å²) in [6.45, 7) is 0. The third-order valence-electron chi connectivity index (χ3n) is 3.56. The van der Waals surface area contributed by atoms with Gasteiger partial charge in [-0.1, -0.05) is 30.3 Å². The normalized spacial score (nSPS) is 10.4. The Kier molecular flexibility index (Phi) is 4.90. The third kappa shape index (κ3) is 4.10. The molecule has 0 fully saturated rings. The third-order valence-corrected chi connectivity index (χ3v) is 4.68. The van der Waals surface area contributed by atoms with Crippen molar-refractivity contribution in [2.75, 3.05) is 5.32 Å². The second-order valence-electron chi connectivity index (χ2n) is 5.44. The SMILES string of the molecule is NC(=O)Cc1ccc(NC(=O)c2ccc(-c3ccccc3F)s2)cc1. The first-order chi connectivity index (χ1) is 12.0. The van der Waals surface area contributed by atoms with Crippen molar-refractivity contribution in [3.63, 3.8) is 0 Å². The van der Waals surface area contributed by atoms with Crippen LogP contribution in [0.2, 0.25) is 0 Å². The van der Waals surface area contributed by atoms with Crippen LogP contribution < -0.4 is 11.1 Å². The summed E-state index contributed by atoms with van der Waals surface area (Å²) in [5.41, 5.74) is 7.01. The molecule has 25 heavy (non-hydrogen) atoms. The van der Waals surface area contributed by atoms with Crippen molar-refractivity contribution in [1.82, 2.24) is 0 Å². The van der Waals surface area contributed by atoms with E-state index in [0.29, 0.717) is 21.0 Å². The first kappa shape index (κ1) is 16.9. The highest BCUT2D eigenvalue weighted by atomic mass is 32.1. The van der Waals surface area contributed by atoms with Crippen molar-refractivity contribution >= 4 is 28.8 Å². The summed E-state index contributed by atoms with van der Waals surface area (Å²) in [6.07, 6.45) is 0.158. The molecule has 1 heterocycles. The molecule has 0 aliphatic carbocycles. The highest BCUT2D eigenvalue weighted by molar-refractivity contribution is 7.17. The van der Waals surface area contributed by atoms with Crippen molar-refractivity contribution in [1.29, 1.82) is 0 Å². The summed E-state index contributed by atoms with van der Waals surface area (Å²) in [4.78, 5) is 24.4. The van der Waals surface area contributed by atoms with Crippen LogP contribution in [0.25, 0.3) is 10.4 Å². The van der Waals surface area contributed by atoms with E-state index >= 15 is 0 Å². The van der Waals surface area contributed by atoms with Gasteiger partial charge in [0, 0.05) is 16.1 Å². The van der Waals surface area contributed by atoms with E-state index in [-0.39, 0.29) is 18.1 Å².